The average molecular weight is 305 g/mol. The summed E-state index contributed by atoms with van der Waals surface area (Å²) in [5.41, 5.74) is 2.92. The van der Waals surface area contributed by atoms with Gasteiger partial charge in [0.15, 0.2) is 5.82 Å². The molecular formula is C16H14ClFN2O. The first-order valence-corrected chi connectivity index (χ1v) is 7.06. The van der Waals surface area contributed by atoms with E-state index in [1.54, 1.807) is 13.2 Å². The first kappa shape index (κ1) is 13.9. The van der Waals surface area contributed by atoms with Crippen molar-refractivity contribution in [1.29, 1.82) is 0 Å². The first-order chi connectivity index (χ1) is 10.2. The summed E-state index contributed by atoms with van der Waals surface area (Å²) in [6, 6.07) is 10.7. The van der Waals surface area contributed by atoms with Crippen molar-refractivity contribution in [2.75, 3.05) is 7.11 Å². The van der Waals surface area contributed by atoms with Gasteiger partial charge in [0.1, 0.15) is 17.1 Å². The Morgan fingerprint density at radius 1 is 1.29 bits per heavy atom. The van der Waals surface area contributed by atoms with Crippen LogP contribution in [0.25, 0.3) is 16.7 Å². The number of ether oxygens (including phenoxy) is 1. The number of aryl methyl sites for hydroxylation is 1. The molecule has 0 spiro atoms. The van der Waals surface area contributed by atoms with E-state index in [4.69, 9.17) is 16.3 Å². The molecule has 108 valence electrons. The number of rotatable bonds is 3. The molecule has 0 amide bonds. The molecular weight excluding hydrogens is 291 g/mol. The molecule has 0 aliphatic carbocycles. The second-order valence-electron chi connectivity index (χ2n) is 4.76. The van der Waals surface area contributed by atoms with Crippen molar-refractivity contribution in [3.05, 3.63) is 53.6 Å². The molecule has 21 heavy (non-hydrogen) atoms. The Bertz CT molecular complexity index is 813. The van der Waals surface area contributed by atoms with Crippen LogP contribution >= 0.6 is 11.6 Å². The van der Waals surface area contributed by atoms with Gasteiger partial charge in [-0.15, -0.1) is 11.6 Å². The van der Waals surface area contributed by atoms with Gasteiger partial charge in [0.25, 0.3) is 0 Å². The Kier molecular flexibility index (Phi) is 3.55. The number of hydrogen-bond donors (Lipinski definition) is 0. The van der Waals surface area contributed by atoms with Gasteiger partial charge in [0.05, 0.1) is 18.5 Å². The Balaban J connectivity index is 2.28. The summed E-state index contributed by atoms with van der Waals surface area (Å²) in [5.74, 6) is 1.28. The molecule has 0 saturated carbocycles. The molecule has 0 fully saturated rings. The lowest BCUT2D eigenvalue weighted by atomic mass is 10.2. The number of imidazole rings is 1. The van der Waals surface area contributed by atoms with Crippen LogP contribution in [0.1, 0.15) is 11.4 Å². The zero-order valence-corrected chi connectivity index (χ0v) is 12.5. The van der Waals surface area contributed by atoms with Crippen LogP contribution in [-0.2, 0) is 5.88 Å². The van der Waals surface area contributed by atoms with E-state index in [9.17, 15) is 4.39 Å². The molecule has 3 rings (SSSR count). The van der Waals surface area contributed by atoms with Gasteiger partial charge in [-0.1, -0.05) is 6.07 Å². The molecule has 0 radical (unpaired) electrons. The molecule has 3 aromatic rings. The molecule has 0 N–H and O–H groups in total. The maximum atomic E-state index is 13.9. The van der Waals surface area contributed by atoms with E-state index in [1.165, 1.54) is 6.07 Å². The van der Waals surface area contributed by atoms with Crippen LogP contribution in [0.4, 0.5) is 4.39 Å². The Morgan fingerprint density at radius 3 is 2.76 bits per heavy atom. The van der Waals surface area contributed by atoms with Crippen molar-refractivity contribution in [3.8, 4) is 11.4 Å². The highest BCUT2D eigenvalue weighted by Crippen LogP contribution is 2.27. The van der Waals surface area contributed by atoms with Crippen LogP contribution < -0.4 is 4.74 Å². The largest absolute Gasteiger partial charge is 0.496 e. The van der Waals surface area contributed by atoms with Crippen molar-refractivity contribution in [3.63, 3.8) is 0 Å². The van der Waals surface area contributed by atoms with Gasteiger partial charge in [-0.25, -0.2) is 9.37 Å². The summed E-state index contributed by atoms with van der Waals surface area (Å²) in [4.78, 5) is 4.30. The van der Waals surface area contributed by atoms with Gasteiger partial charge in [-0.2, -0.15) is 0 Å². The third-order valence-corrected chi connectivity index (χ3v) is 3.70. The number of aromatic nitrogens is 2. The highest BCUT2D eigenvalue weighted by Gasteiger charge is 2.15. The van der Waals surface area contributed by atoms with Gasteiger partial charge in [0.2, 0.25) is 0 Å². The summed E-state index contributed by atoms with van der Waals surface area (Å²) in [6.45, 7) is 1.96. The fourth-order valence-electron chi connectivity index (χ4n) is 2.49. The highest BCUT2D eigenvalue weighted by atomic mass is 35.5. The number of alkyl halides is 1. The number of hydrogen-bond acceptors (Lipinski definition) is 2. The van der Waals surface area contributed by atoms with Crippen LogP contribution in [0.15, 0.2) is 36.4 Å². The smallest absolute Gasteiger partial charge is 0.151 e. The van der Waals surface area contributed by atoms with E-state index in [0.29, 0.717) is 16.9 Å². The van der Waals surface area contributed by atoms with Crippen LogP contribution in [0, 0.1) is 12.7 Å². The van der Waals surface area contributed by atoms with Crippen LogP contribution in [0.2, 0.25) is 0 Å². The fourth-order valence-corrected chi connectivity index (χ4v) is 2.67. The predicted molar refractivity (Wildman–Crippen MR) is 81.9 cm³/mol. The molecule has 0 atom stereocenters. The number of para-hydroxylation sites is 1. The van der Waals surface area contributed by atoms with Gasteiger partial charge < -0.3 is 4.74 Å². The maximum Gasteiger partial charge on any atom is 0.151 e. The minimum atomic E-state index is -0.345. The van der Waals surface area contributed by atoms with Crippen LogP contribution in [0.3, 0.4) is 0 Å². The number of benzene rings is 2. The lowest BCUT2D eigenvalue weighted by molar-refractivity contribution is 0.411. The number of fused-ring (bicyclic) bond motifs is 1. The molecule has 1 aromatic heterocycles. The third kappa shape index (κ3) is 2.25. The predicted octanol–water partition coefficient (Wildman–Crippen LogP) is 4.22. The second-order valence-corrected chi connectivity index (χ2v) is 5.03. The molecule has 3 nitrogen and oxygen atoms in total. The van der Waals surface area contributed by atoms with Crippen molar-refractivity contribution < 1.29 is 9.13 Å². The summed E-state index contributed by atoms with van der Waals surface area (Å²) in [6.07, 6.45) is 0. The Morgan fingerprint density at radius 2 is 2.10 bits per heavy atom. The summed E-state index contributed by atoms with van der Waals surface area (Å²) < 4.78 is 21.0. The van der Waals surface area contributed by atoms with Gasteiger partial charge in [-0.05, 0) is 42.8 Å². The van der Waals surface area contributed by atoms with Gasteiger partial charge in [-0.3, -0.25) is 4.57 Å². The molecule has 0 unspecified atom stereocenters. The quantitative estimate of drug-likeness (QED) is 0.677. The van der Waals surface area contributed by atoms with E-state index in [1.807, 2.05) is 35.8 Å². The normalized spacial score (nSPS) is 11.0. The maximum absolute atomic E-state index is 13.9. The fraction of sp³-hybridized carbons (Fsp3) is 0.188. The van der Waals surface area contributed by atoms with Gasteiger partial charge in [0, 0.05) is 5.69 Å². The topological polar surface area (TPSA) is 27.1 Å². The zero-order valence-electron chi connectivity index (χ0n) is 11.7. The molecule has 0 aliphatic rings. The lowest BCUT2D eigenvalue weighted by Gasteiger charge is -2.11. The summed E-state index contributed by atoms with van der Waals surface area (Å²) in [7, 11) is 1.63. The van der Waals surface area contributed by atoms with Crippen molar-refractivity contribution >= 4 is 22.6 Å². The van der Waals surface area contributed by atoms with E-state index >= 15 is 0 Å². The summed E-state index contributed by atoms with van der Waals surface area (Å²) >= 11 is 5.97. The third-order valence-electron chi connectivity index (χ3n) is 3.46. The van der Waals surface area contributed by atoms with Crippen LogP contribution in [-0.4, -0.2) is 16.7 Å². The molecule has 5 heteroatoms. The van der Waals surface area contributed by atoms with E-state index < -0.39 is 0 Å². The number of methoxy groups -OCH3 is 1. The molecule has 2 aromatic carbocycles. The standard InChI is InChI=1S/C16H14ClFN2O/c1-10-8-11(6-7-14(10)21-2)20-13-5-3-4-12(18)16(13)19-15(20)9-17/h3-8H,9H2,1-2H3. The molecule has 1 heterocycles. The monoisotopic (exact) mass is 304 g/mol. The average Bonchev–Trinajstić information content (AvgIpc) is 2.87. The van der Waals surface area contributed by atoms with Gasteiger partial charge >= 0.3 is 0 Å². The van der Waals surface area contributed by atoms with E-state index in [2.05, 4.69) is 4.98 Å². The number of halogens is 2. The minimum absolute atomic E-state index is 0.208. The number of nitrogens with zero attached hydrogens (tertiary/aromatic N) is 2. The second kappa shape index (κ2) is 5.37. The van der Waals surface area contributed by atoms with Crippen molar-refractivity contribution in [2.24, 2.45) is 0 Å². The van der Waals surface area contributed by atoms with E-state index in [-0.39, 0.29) is 11.7 Å². The van der Waals surface area contributed by atoms with Crippen molar-refractivity contribution in [1.82, 2.24) is 9.55 Å². The Hall–Kier alpha value is -2.07. The zero-order chi connectivity index (χ0) is 15.0. The van der Waals surface area contributed by atoms with Crippen LogP contribution in [0.5, 0.6) is 5.75 Å². The lowest BCUT2D eigenvalue weighted by Crippen LogP contribution is -2.00. The molecule has 0 bridgehead atoms. The molecule has 0 saturated heterocycles. The summed E-state index contributed by atoms with van der Waals surface area (Å²) in [5, 5.41) is 0. The molecule has 0 aliphatic heterocycles. The SMILES string of the molecule is COc1ccc(-n2c(CCl)nc3c(F)cccc32)cc1C. The Labute approximate surface area is 126 Å². The highest BCUT2D eigenvalue weighted by molar-refractivity contribution is 6.17. The van der Waals surface area contributed by atoms with Crippen molar-refractivity contribution in [2.45, 2.75) is 12.8 Å². The van der Waals surface area contributed by atoms with E-state index in [0.717, 1.165) is 17.0 Å². The minimum Gasteiger partial charge on any atom is -0.496 e. The first-order valence-electron chi connectivity index (χ1n) is 6.52.